The molecule has 0 spiro atoms. The second-order valence-corrected chi connectivity index (χ2v) is 9.57. The highest BCUT2D eigenvalue weighted by atomic mass is 16.4. The van der Waals surface area contributed by atoms with Crippen LogP contribution in [0.2, 0.25) is 0 Å². The number of aromatic amines is 1. The van der Waals surface area contributed by atoms with Crippen LogP contribution in [0.4, 0.5) is 11.5 Å². The third-order valence-corrected chi connectivity index (χ3v) is 6.28. The minimum absolute atomic E-state index is 0.0935. The molecule has 10 heteroatoms. The predicted octanol–water partition coefficient (Wildman–Crippen LogP) is 3.78. The fourth-order valence-electron chi connectivity index (χ4n) is 4.45. The number of carboxylic acid groups (broad SMARTS) is 1. The van der Waals surface area contributed by atoms with Crippen LogP contribution in [0.3, 0.4) is 0 Å². The summed E-state index contributed by atoms with van der Waals surface area (Å²) in [6, 6.07) is 4.80. The largest absolute Gasteiger partial charge is 0.507 e. The van der Waals surface area contributed by atoms with Gasteiger partial charge >= 0.3 is 5.97 Å². The lowest BCUT2D eigenvalue weighted by Crippen LogP contribution is -2.33. The van der Waals surface area contributed by atoms with Gasteiger partial charge in [0.15, 0.2) is 11.3 Å². The number of anilines is 2. The number of carboxylic acids is 1. The molecule has 0 bridgehead atoms. The van der Waals surface area contributed by atoms with E-state index in [2.05, 4.69) is 47.8 Å². The first-order chi connectivity index (χ1) is 16.2. The van der Waals surface area contributed by atoms with Gasteiger partial charge in [-0.05, 0) is 63.6 Å². The number of carbonyl (C=O) groups is 1. The van der Waals surface area contributed by atoms with Gasteiger partial charge in [-0.2, -0.15) is 10.1 Å². The number of hydrogen-bond acceptors (Lipinski definition) is 7. The molecule has 0 aliphatic heterocycles. The van der Waals surface area contributed by atoms with Gasteiger partial charge in [0.05, 0.1) is 17.3 Å². The highest BCUT2D eigenvalue weighted by Gasteiger charge is 2.23. The van der Waals surface area contributed by atoms with E-state index in [0.717, 1.165) is 36.9 Å². The van der Waals surface area contributed by atoms with Gasteiger partial charge in [0.25, 0.3) is 0 Å². The van der Waals surface area contributed by atoms with E-state index in [0.29, 0.717) is 22.6 Å². The van der Waals surface area contributed by atoms with Gasteiger partial charge in [0.1, 0.15) is 11.3 Å². The second kappa shape index (κ2) is 9.46. The maximum Gasteiger partial charge on any atom is 0.339 e. The van der Waals surface area contributed by atoms with Crippen LogP contribution in [0.25, 0.3) is 11.0 Å². The van der Waals surface area contributed by atoms with Crippen LogP contribution in [0.1, 0.15) is 81.4 Å². The van der Waals surface area contributed by atoms with Crippen molar-refractivity contribution in [1.29, 1.82) is 0 Å². The Labute approximate surface area is 197 Å². The number of benzene rings is 1. The highest BCUT2D eigenvalue weighted by molar-refractivity contribution is 5.93. The van der Waals surface area contributed by atoms with Crippen molar-refractivity contribution >= 4 is 28.5 Å². The molecule has 1 aliphatic carbocycles. The standard InChI is InChI=1S/C24H33N7O3/c1-12(2)19-21-20(30-29-19)22(26-16-9-10-18(32)17(11-16)23(33)34)28-24(31(21)13(3)4)27-15-7-5-14(25)6-8-15/h9-15,32H,5-8,25H2,1-4H3,(H,29,30)(H,33,34)(H,26,27,28). The summed E-state index contributed by atoms with van der Waals surface area (Å²) in [4.78, 5) is 21.4. The van der Waals surface area contributed by atoms with Crippen LogP contribution >= 0.6 is 0 Å². The zero-order valence-electron chi connectivity index (χ0n) is 20.0. The molecule has 4 rings (SSSR count). The molecule has 0 radical (unpaired) electrons. The molecule has 0 atom stereocenters. The number of aromatic carboxylic acids is 1. The number of phenols is 1. The number of aromatic nitrogens is 4. The molecule has 2 heterocycles. The van der Waals surface area contributed by atoms with E-state index in [9.17, 15) is 15.0 Å². The molecule has 1 saturated carbocycles. The quantitative estimate of drug-likeness (QED) is 0.346. The van der Waals surface area contributed by atoms with Crippen molar-refractivity contribution in [3.63, 3.8) is 0 Å². The van der Waals surface area contributed by atoms with Crippen LogP contribution < -0.4 is 16.7 Å². The Bertz CT molecular complexity index is 1270. The average Bonchev–Trinajstić information content (AvgIpc) is 3.21. The Balaban J connectivity index is 1.91. The van der Waals surface area contributed by atoms with E-state index < -0.39 is 5.97 Å². The van der Waals surface area contributed by atoms with Crippen molar-refractivity contribution in [3.8, 4) is 5.75 Å². The lowest BCUT2D eigenvalue weighted by atomic mass is 9.92. The summed E-state index contributed by atoms with van der Waals surface area (Å²) in [6.45, 7) is 8.40. The molecule has 1 fully saturated rings. The lowest BCUT2D eigenvalue weighted by Gasteiger charge is -2.24. The summed E-state index contributed by atoms with van der Waals surface area (Å²) >= 11 is 0. The summed E-state index contributed by atoms with van der Waals surface area (Å²) < 4.78 is 2.12. The van der Waals surface area contributed by atoms with Gasteiger partial charge in [-0.3, -0.25) is 5.10 Å². The summed E-state index contributed by atoms with van der Waals surface area (Å²) in [5.74, 6) is -0.839. The zero-order valence-corrected chi connectivity index (χ0v) is 20.0. The van der Waals surface area contributed by atoms with Crippen molar-refractivity contribution in [2.45, 2.75) is 77.4 Å². The normalized spacial score (nSPS) is 19.3. The predicted molar refractivity (Wildman–Crippen MR) is 130 cm³/mol. The number of rotatable bonds is 6. The van der Waals surface area contributed by atoms with Crippen LogP contribution in [0.15, 0.2) is 23.2 Å². The molecule has 2 aromatic heterocycles. The molecule has 0 unspecified atom stereocenters. The summed E-state index contributed by atoms with van der Waals surface area (Å²) in [5, 5.41) is 30.2. The summed E-state index contributed by atoms with van der Waals surface area (Å²) in [7, 11) is 0. The van der Waals surface area contributed by atoms with Crippen molar-refractivity contribution in [2.24, 2.45) is 10.7 Å². The van der Waals surface area contributed by atoms with E-state index in [1.807, 2.05) is 0 Å². The minimum atomic E-state index is -1.21. The third-order valence-electron chi connectivity index (χ3n) is 6.28. The first-order valence-corrected chi connectivity index (χ1v) is 11.8. The monoisotopic (exact) mass is 467 g/mol. The smallest absolute Gasteiger partial charge is 0.339 e. The third kappa shape index (κ3) is 4.63. The van der Waals surface area contributed by atoms with Gasteiger partial charge in [-0.15, -0.1) is 0 Å². The van der Waals surface area contributed by atoms with Crippen LogP contribution in [0, 0.1) is 0 Å². The van der Waals surface area contributed by atoms with E-state index in [4.69, 9.17) is 15.7 Å². The van der Waals surface area contributed by atoms with Gasteiger partial charge in [-0.25, -0.2) is 9.79 Å². The van der Waals surface area contributed by atoms with Crippen LogP contribution in [0.5, 0.6) is 5.75 Å². The Morgan fingerprint density at radius 1 is 1.24 bits per heavy atom. The van der Waals surface area contributed by atoms with Gasteiger partial charge in [-0.1, -0.05) is 13.8 Å². The molecule has 1 aromatic carbocycles. The van der Waals surface area contributed by atoms with Gasteiger partial charge < -0.3 is 25.8 Å². The minimum Gasteiger partial charge on any atom is -0.507 e. The van der Waals surface area contributed by atoms with Crippen LogP contribution in [-0.4, -0.2) is 48.0 Å². The Morgan fingerprint density at radius 3 is 2.56 bits per heavy atom. The maximum atomic E-state index is 11.5. The first-order valence-electron chi connectivity index (χ1n) is 11.8. The molecule has 182 valence electrons. The number of fused-ring (bicyclic) bond motifs is 1. The number of hydrogen-bond donors (Lipinski definition) is 5. The summed E-state index contributed by atoms with van der Waals surface area (Å²) in [6.07, 6.45) is 3.73. The molecule has 1 aliphatic rings. The highest BCUT2D eigenvalue weighted by Crippen LogP contribution is 2.30. The average molecular weight is 468 g/mol. The molecule has 34 heavy (non-hydrogen) atoms. The SMILES string of the molecule is CC(C)c1[nH]nc2c(Nc3ccc(O)c(C(=O)O)c3)nc(=NC3CCC(N)CC3)n(C(C)C)c12. The fourth-order valence-corrected chi connectivity index (χ4v) is 4.45. The number of H-pyrrole nitrogens is 1. The van der Waals surface area contributed by atoms with Crippen molar-refractivity contribution < 1.29 is 15.0 Å². The number of nitrogens with one attached hydrogen (secondary N) is 2. The van der Waals surface area contributed by atoms with Crippen molar-refractivity contribution in [1.82, 2.24) is 19.7 Å². The maximum absolute atomic E-state index is 11.5. The van der Waals surface area contributed by atoms with Crippen molar-refractivity contribution in [2.75, 3.05) is 5.32 Å². The van der Waals surface area contributed by atoms with E-state index >= 15 is 0 Å². The molecule has 3 aromatic rings. The Kier molecular flexibility index (Phi) is 6.60. The molecule has 0 amide bonds. The molecular weight excluding hydrogens is 434 g/mol. The Hall–Kier alpha value is -3.40. The summed E-state index contributed by atoms with van der Waals surface area (Å²) in [5.41, 5.74) is 9.53. The molecule has 10 nitrogen and oxygen atoms in total. The number of aromatic hydroxyl groups is 1. The van der Waals surface area contributed by atoms with Crippen LogP contribution in [-0.2, 0) is 0 Å². The van der Waals surface area contributed by atoms with Gasteiger partial charge in [0.2, 0.25) is 5.62 Å². The second-order valence-electron chi connectivity index (χ2n) is 9.57. The topological polar surface area (TPSA) is 154 Å². The molecule has 6 N–H and O–H groups in total. The van der Waals surface area contributed by atoms with E-state index in [-0.39, 0.29) is 35.4 Å². The molecular formula is C24H33N7O3. The van der Waals surface area contributed by atoms with Gasteiger partial charge in [0, 0.05) is 17.8 Å². The van der Waals surface area contributed by atoms with Crippen molar-refractivity contribution in [3.05, 3.63) is 35.1 Å². The first kappa shape index (κ1) is 23.7. The number of nitrogens with two attached hydrogens (primary N) is 1. The van der Waals surface area contributed by atoms with E-state index in [1.165, 1.54) is 12.1 Å². The van der Waals surface area contributed by atoms with E-state index in [1.54, 1.807) is 6.07 Å². The number of nitrogens with zero attached hydrogens (tertiary/aromatic N) is 4. The Morgan fingerprint density at radius 2 is 1.94 bits per heavy atom. The molecule has 0 saturated heterocycles. The lowest BCUT2D eigenvalue weighted by molar-refractivity contribution is 0.0694. The fraction of sp³-hybridized carbons (Fsp3) is 0.500. The zero-order chi connectivity index (χ0) is 24.6.